The number of carboxylic acids is 1. The number of hydrogen-bond acceptors (Lipinski definition) is 6. The van der Waals surface area contributed by atoms with Crippen LogP contribution in [0.3, 0.4) is 0 Å². The fourth-order valence-electron chi connectivity index (χ4n) is 3.37. The molecular formula is C21H25N5O5S. The number of nitrogens with two attached hydrogens (primary N) is 2. The van der Waals surface area contributed by atoms with E-state index in [-0.39, 0.29) is 28.1 Å². The first-order chi connectivity index (χ1) is 15.2. The van der Waals surface area contributed by atoms with Gasteiger partial charge >= 0.3 is 5.97 Å². The summed E-state index contributed by atoms with van der Waals surface area (Å²) in [6, 6.07) is 8.89. The van der Waals surface area contributed by atoms with E-state index in [0.29, 0.717) is 0 Å². The van der Waals surface area contributed by atoms with Crippen molar-refractivity contribution in [1.82, 2.24) is 14.1 Å². The van der Waals surface area contributed by atoms with Gasteiger partial charge in [-0.3, -0.25) is 4.79 Å². The molecule has 1 aliphatic carbocycles. The molecule has 3 aromatic rings. The molecule has 2 aromatic heterocycles. The molecule has 4 rings (SSSR count). The van der Waals surface area contributed by atoms with Gasteiger partial charge in [0, 0.05) is 36.2 Å². The Bertz CT molecular complexity index is 1200. The number of fused-ring (bicyclic) bond motifs is 1. The quantitative estimate of drug-likeness (QED) is 0.446. The van der Waals surface area contributed by atoms with Gasteiger partial charge in [-0.25, -0.2) is 22.9 Å². The van der Waals surface area contributed by atoms with Crippen LogP contribution >= 0.6 is 0 Å². The number of nitrogens with zero attached hydrogens (tertiary/aromatic N) is 2. The van der Waals surface area contributed by atoms with Gasteiger partial charge in [-0.1, -0.05) is 0 Å². The van der Waals surface area contributed by atoms with Crippen LogP contribution in [0.25, 0.3) is 5.65 Å². The summed E-state index contributed by atoms with van der Waals surface area (Å²) in [4.78, 5) is 25.6. The minimum atomic E-state index is -3.56. The largest absolute Gasteiger partial charge is 0.478 e. The number of benzene rings is 1. The van der Waals surface area contributed by atoms with Crippen molar-refractivity contribution >= 4 is 27.5 Å². The first kappa shape index (κ1) is 23.4. The van der Waals surface area contributed by atoms with E-state index < -0.39 is 21.9 Å². The van der Waals surface area contributed by atoms with Crippen molar-refractivity contribution in [3.8, 4) is 0 Å². The SMILES string of the molecule is NC(=O)c1ccc(S(=O)(=O)NC2CCC(N)CC2)cc1.O=C(O)c1ccc2nccn2c1. The standard InChI is InChI=1S/C13H19N3O3S.C8H6N2O2/c14-10-3-5-11(6-4-10)16-20(18,19)12-7-1-9(2-8-12)13(15)17;11-8(12)6-1-2-7-9-3-4-10(7)5-6/h1-2,7-8,10-11,16H,3-6,14H2,(H2,15,17);1-5H,(H,11,12). The molecule has 6 N–H and O–H groups in total. The molecule has 1 aromatic carbocycles. The third-order valence-corrected chi connectivity index (χ3v) is 6.71. The Hall–Kier alpha value is -3.28. The van der Waals surface area contributed by atoms with E-state index in [2.05, 4.69) is 9.71 Å². The number of sulfonamides is 1. The van der Waals surface area contributed by atoms with Gasteiger partial charge in [0.15, 0.2) is 0 Å². The Morgan fingerprint density at radius 1 is 1.03 bits per heavy atom. The maximum absolute atomic E-state index is 12.2. The number of imidazole rings is 1. The van der Waals surface area contributed by atoms with Crippen LogP contribution in [-0.2, 0) is 10.0 Å². The van der Waals surface area contributed by atoms with Gasteiger partial charge in [0.25, 0.3) is 0 Å². The minimum absolute atomic E-state index is 0.0735. The lowest BCUT2D eigenvalue weighted by Crippen LogP contribution is -2.40. The molecule has 1 amide bonds. The minimum Gasteiger partial charge on any atom is -0.478 e. The molecule has 0 saturated heterocycles. The summed E-state index contributed by atoms with van der Waals surface area (Å²) in [6.45, 7) is 0. The maximum Gasteiger partial charge on any atom is 0.337 e. The van der Waals surface area contributed by atoms with E-state index in [1.54, 1.807) is 22.9 Å². The molecule has 2 heterocycles. The van der Waals surface area contributed by atoms with E-state index in [1.807, 2.05) is 0 Å². The summed E-state index contributed by atoms with van der Waals surface area (Å²) in [6.07, 6.45) is 8.02. The van der Waals surface area contributed by atoms with E-state index in [1.165, 1.54) is 36.5 Å². The Morgan fingerprint density at radius 2 is 1.66 bits per heavy atom. The number of pyridine rings is 1. The predicted octanol–water partition coefficient (Wildman–Crippen LogP) is 1.37. The molecule has 0 radical (unpaired) electrons. The van der Waals surface area contributed by atoms with Crippen molar-refractivity contribution in [2.45, 2.75) is 42.7 Å². The van der Waals surface area contributed by atoms with Gasteiger partial charge in [0.1, 0.15) is 5.65 Å². The summed E-state index contributed by atoms with van der Waals surface area (Å²) in [7, 11) is -3.56. The second kappa shape index (κ2) is 9.90. The molecule has 0 atom stereocenters. The average molecular weight is 460 g/mol. The van der Waals surface area contributed by atoms with Gasteiger partial charge in [-0.15, -0.1) is 0 Å². The highest BCUT2D eigenvalue weighted by atomic mass is 32.2. The van der Waals surface area contributed by atoms with Gasteiger partial charge in [0.05, 0.1) is 10.5 Å². The van der Waals surface area contributed by atoms with Crippen molar-refractivity contribution in [1.29, 1.82) is 0 Å². The fraction of sp³-hybridized carbons (Fsp3) is 0.286. The molecule has 11 heteroatoms. The molecule has 1 aliphatic rings. The summed E-state index contributed by atoms with van der Waals surface area (Å²) >= 11 is 0. The zero-order valence-corrected chi connectivity index (χ0v) is 18.0. The number of carbonyl (C=O) groups is 2. The Labute approximate surface area is 185 Å². The van der Waals surface area contributed by atoms with Gasteiger partial charge in [-0.2, -0.15) is 0 Å². The number of aromatic nitrogens is 2. The smallest absolute Gasteiger partial charge is 0.337 e. The number of carboxylic acid groups (broad SMARTS) is 1. The number of carbonyl (C=O) groups excluding carboxylic acids is 1. The summed E-state index contributed by atoms with van der Waals surface area (Å²) in [5, 5.41) is 8.65. The van der Waals surface area contributed by atoms with Crippen molar-refractivity contribution < 1.29 is 23.1 Å². The Balaban J connectivity index is 0.000000204. The molecule has 0 aliphatic heterocycles. The molecule has 0 bridgehead atoms. The average Bonchev–Trinajstić information content (AvgIpc) is 3.24. The highest BCUT2D eigenvalue weighted by Crippen LogP contribution is 2.19. The zero-order chi connectivity index (χ0) is 23.3. The third-order valence-electron chi connectivity index (χ3n) is 5.18. The highest BCUT2D eigenvalue weighted by Gasteiger charge is 2.24. The Morgan fingerprint density at radius 3 is 2.25 bits per heavy atom. The van der Waals surface area contributed by atoms with Crippen LogP contribution in [0.15, 0.2) is 59.9 Å². The van der Waals surface area contributed by atoms with Gasteiger partial charge in [-0.05, 0) is 62.1 Å². The van der Waals surface area contributed by atoms with E-state index in [4.69, 9.17) is 16.6 Å². The monoisotopic (exact) mass is 459 g/mol. The Kier molecular flexibility index (Phi) is 7.23. The number of rotatable bonds is 5. The predicted molar refractivity (Wildman–Crippen MR) is 118 cm³/mol. The highest BCUT2D eigenvalue weighted by molar-refractivity contribution is 7.89. The van der Waals surface area contributed by atoms with Crippen molar-refractivity contribution in [2.75, 3.05) is 0 Å². The number of hydrogen-bond donors (Lipinski definition) is 4. The number of primary amides is 1. The van der Waals surface area contributed by atoms with E-state index in [9.17, 15) is 18.0 Å². The zero-order valence-electron chi connectivity index (χ0n) is 17.2. The van der Waals surface area contributed by atoms with E-state index >= 15 is 0 Å². The van der Waals surface area contributed by atoms with Crippen LogP contribution in [0.4, 0.5) is 0 Å². The second-order valence-corrected chi connectivity index (χ2v) is 9.25. The van der Waals surface area contributed by atoms with Crippen LogP contribution in [0, 0.1) is 0 Å². The molecule has 32 heavy (non-hydrogen) atoms. The topological polar surface area (TPSA) is 170 Å². The fourth-order valence-corrected chi connectivity index (χ4v) is 4.67. The van der Waals surface area contributed by atoms with Crippen molar-refractivity contribution in [3.05, 3.63) is 66.1 Å². The van der Waals surface area contributed by atoms with Gasteiger partial charge in [0.2, 0.25) is 15.9 Å². The first-order valence-electron chi connectivity index (χ1n) is 9.99. The van der Waals surface area contributed by atoms with Gasteiger partial charge < -0.3 is 21.0 Å². The molecular weight excluding hydrogens is 434 g/mol. The summed E-state index contributed by atoms with van der Waals surface area (Å²) < 4.78 is 28.8. The lowest BCUT2D eigenvalue weighted by Gasteiger charge is -2.26. The molecule has 0 unspecified atom stereocenters. The molecule has 0 spiro atoms. The van der Waals surface area contributed by atoms with Crippen molar-refractivity contribution in [3.63, 3.8) is 0 Å². The maximum atomic E-state index is 12.2. The number of nitrogens with one attached hydrogen (secondary N) is 1. The lowest BCUT2D eigenvalue weighted by atomic mass is 9.93. The lowest BCUT2D eigenvalue weighted by molar-refractivity contribution is 0.0696. The second-order valence-electron chi connectivity index (χ2n) is 7.54. The number of aromatic carboxylic acids is 1. The molecule has 10 nitrogen and oxygen atoms in total. The van der Waals surface area contributed by atoms with Crippen molar-refractivity contribution in [2.24, 2.45) is 11.5 Å². The summed E-state index contributed by atoms with van der Waals surface area (Å²) in [5.74, 6) is -1.51. The third kappa shape index (κ3) is 5.90. The van der Waals surface area contributed by atoms with Crippen LogP contribution in [0.1, 0.15) is 46.4 Å². The molecule has 1 fully saturated rings. The number of amides is 1. The van der Waals surface area contributed by atoms with Crippen LogP contribution in [0.2, 0.25) is 0 Å². The first-order valence-corrected chi connectivity index (χ1v) is 11.5. The van der Waals surface area contributed by atoms with E-state index in [0.717, 1.165) is 31.3 Å². The van der Waals surface area contributed by atoms with Crippen LogP contribution in [0.5, 0.6) is 0 Å². The molecule has 170 valence electrons. The van der Waals surface area contributed by atoms with Crippen LogP contribution < -0.4 is 16.2 Å². The summed E-state index contributed by atoms with van der Waals surface area (Å²) in [5.41, 5.74) is 12.2. The normalized spacial score (nSPS) is 18.5. The van der Waals surface area contributed by atoms with Crippen LogP contribution in [-0.4, -0.2) is 46.9 Å². The molecule has 1 saturated carbocycles.